The van der Waals surface area contributed by atoms with E-state index >= 15 is 0 Å². The molecule has 1 aliphatic heterocycles. The summed E-state index contributed by atoms with van der Waals surface area (Å²) in [4.78, 5) is 15.1. The molecular weight excluding hydrogens is 471 g/mol. The third kappa shape index (κ3) is 5.44. The number of halogens is 3. The van der Waals surface area contributed by atoms with Crippen molar-refractivity contribution in [3.05, 3.63) is 58.5 Å². The molecule has 2 fully saturated rings. The van der Waals surface area contributed by atoms with Crippen molar-refractivity contribution < 1.29 is 23.1 Å². The molecule has 0 radical (unpaired) electrons. The molecule has 1 N–H and O–H groups in total. The van der Waals surface area contributed by atoms with Gasteiger partial charge < -0.3 is 5.11 Å². The molecule has 0 aromatic heterocycles. The van der Waals surface area contributed by atoms with Crippen LogP contribution in [0.15, 0.2) is 57.6 Å². The molecule has 10 heteroatoms. The Kier molecular flexibility index (Phi) is 6.85. The first-order valence-electron chi connectivity index (χ1n) is 10.4. The first-order valence-corrected chi connectivity index (χ1v) is 11.6. The van der Waals surface area contributed by atoms with Crippen molar-refractivity contribution in [2.75, 3.05) is 0 Å². The van der Waals surface area contributed by atoms with Gasteiger partial charge in [0.15, 0.2) is 0 Å². The Balaban J connectivity index is 1.55. The zero-order valence-electron chi connectivity index (χ0n) is 17.4. The molecule has 4 rings (SSSR count). The fourth-order valence-electron chi connectivity index (χ4n) is 3.85. The predicted molar refractivity (Wildman–Crippen MR) is 126 cm³/mol. The Hall–Kier alpha value is -2.72. The monoisotopic (exact) mass is 491 g/mol. The van der Waals surface area contributed by atoms with Crippen LogP contribution in [0.1, 0.15) is 43.2 Å². The SMILES string of the molecule is O=C1/C(=C/c2cc(N=Nc3cccc(C(F)(F)F)c3)ccc2O)SC(=S)N1C1CCCCC1. The average molecular weight is 492 g/mol. The van der Waals surface area contributed by atoms with Crippen LogP contribution < -0.4 is 0 Å². The van der Waals surface area contributed by atoms with Gasteiger partial charge in [-0.2, -0.15) is 23.4 Å². The van der Waals surface area contributed by atoms with E-state index in [0.29, 0.717) is 20.5 Å². The summed E-state index contributed by atoms with van der Waals surface area (Å²) in [5, 5.41) is 18.1. The number of phenolic OH excluding ortho intramolecular Hbond substituents is 1. The number of phenols is 1. The van der Waals surface area contributed by atoms with Crippen molar-refractivity contribution in [1.82, 2.24) is 4.90 Å². The number of hydrogen-bond acceptors (Lipinski definition) is 6. The lowest BCUT2D eigenvalue weighted by Gasteiger charge is -2.29. The number of thiocarbonyl (C=S) groups is 1. The third-order valence-electron chi connectivity index (χ3n) is 5.52. The largest absolute Gasteiger partial charge is 0.507 e. The molecule has 2 aromatic rings. The highest BCUT2D eigenvalue weighted by atomic mass is 32.2. The number of amides is 1. The molecule has 2 aromatic carbocycles. The zero-order valence-corrected chi connectivity index (χ0v) is 19.0. The van der Waals surface area contributed by atoms with Crippen molar-refractivity contribution in [2.45, 2.75) is 44.3 Å². The molecule has 0 bridgehead atoms. The minimum atomic E-state index is -4.47. The summed E-state index contributed by atoms with van der Waals surface area (Å²) >= 11 is 6.63. The van der Waals surface area contributed by atoms with Crippen molar-refractivity contribution >= 4 is 51.7 Å². The molecule has 0 spiro atoms. The van der Waals surface area contributed by atoms with Gasteiger partial charge in [-0.1, -0.05) is 49.3 Å². The highest BCUT2D eigenvalue weighted by Crippen LogP contribution is 2.39. The van der Waals surface area contributed by atoms with Gasteiger partial charge in [0.25, 0.3) is 5.91 Å². The summed E-state index contributed by atoms with van der Waals surface area (Å²) in [6, 6.07) is 9.04. The summed E-state index contributed by atoms with van der Waals surface area (Å²) in [7, 11) is 0. The second-order valence-corrected chi connectivity index (χ2v) is 9.51. The molecule has 33 heavy (non-hydrogen) atoms. The Morgan fingerprint density at radius 3 is 2.45 bits per heavy atom. The van der Waals surface area contributed by atoms with E-state index in [-0.39, 0.29) is 23.4 Å². The quantitative estimate of drug-likeness (QED) is 0.276. The standard InChI is InChI=1S/C23H20F3N3O2S2/c24-23(25,26)15-5-4-6-16(13-15)27-28-17-9-10-19(30)14(11-17)12-20-21(31)29(22(32)33-20)18-7-2-1-3-8-18/h4-6,9-13,18,30H,1-3,7-8H2/b20-12-,28-27?. The maximum Gasteiger partial charge on any atom is 0.416 e. The number of benzene rings is 2. The van der Waals surface area contributed by atoms with Gasteiger partial charge >= 0.3 is 6.18 Å². The second-order valence-electron chi connectivity index (χ2n) is 7.83. The van der Waals surface area contributed by atoms with Crippen LogP contribution in [-0.2, 0) is 11.0 Å². The lowest BCUT2D eigenvalue weighted by atomic mass is 9.94. The van der Waals surface area contributed by atoms with Gasteiger partial charge in [0.2, 0.25) is 0 Å². The van der Waals surface area contributed by atoms with Crippen molar-refractivity contribution in [2.24, 2.45) is 10.2 Å². The molecule has 1 aliphatic carbocycles. The van der Waals surface area contributed by atoms with Crippen LogP contribution in [0.25, 0.3) is 6.08 Å². The first-order chi connectivity index (χ1) is 15.7. The normalized spacial score (nSPS) is 19.2. The Bertz CT molecular complexity index is 1140. The van der Waals surface area contributed by atoms with Crippen LogP contribution in [0.4, 0.5) is 24.5 Å². The summed E-state index contributed by atoms with van der Waals surface area (Å²) in [5.74, 6) is -0.233. The van der Waals surface area contributed by atoms with Crippen molar-refractivity contribution in [3.63, 3.8) is 0 Å². The van der Waals surface area contributed by atoms with Gasteiger partial charge in [-0.15, -0.1) is 0 Å². The van der Waals surface area contributed by atoms with Crippen LogP contribution in [0.5, 0.6) is 5.75 Å². The summed E-state index contributed by atoms with van der Waals surface area (Å²) in [6.07, 6.45) is 2.24. The minimum absolute atomic E-state index is 0.0489. The molecule has 1 saturated carbocycles. The number of nitrogens with zero attached hydrogens (tertiary/aromatic N) is 3. The van der Waals surface area contributed by atoms with Crippen molar-refractivity contribution in [1.29, 1.82) is 0 Å². The molecule has 1 amide bonds. The van der Waals surface area contributed by atoms with Gasteiger partial charge in [0.05, 0.1) is 21.8 Å². The van der Waals surface area contributed by atoms with Crippen LogP contribution >= 0.6 is 24.0 Å². The lowest BCUT2D eigenvalue weighted by Crippen LogP contribution is -2.39. The number of carbonyl (C=O) groups excluding carboxylic acids is 1. The van der Waals surface area contributed by atoms with Gasteiger partial charge in [-0.05, 0) is 55.3 Å². The topological polar surface area (TPSA) is 65.3 Å². The molecule has 172 valence electrons. The van der Waals surface area contributed by atoms with E-state index in [0.717, 1.165) is 44.2 Å². The second kappa shape index (κ2) is 9.64. The first kappa shape index (κ1) is 23.4. The summed E-state index contributed by atoms with van der Waals surface area (Å²) < 4.78 is 39.1. The number of thioether (sulfide) groups is 1. The van der Waals surface area contributed by atoms with Crippen LogP contribution in [-0.4, -0.2) is 26.3 Å². The molecule has 2 aliphatic rings. The molecule has 0 atom stereocenters. The molecule has 1 heterocycles. The van der Waals surface area contributed by atoms with E-state index in [9.17, 15) is 23.1 Å². The lowest BCUT2D eigenvalue weighted by molar-refractivity contribution is -0.137. The van der Waals surface area contributed by atoms with E-state index < -0.39 is 11.7 Å². The van der Waals surface area contributed by atoms with Crippen LogP contribution in [0.3, 0.4) is 0 Å². The van der Waals surface area contributed by atoms with Gasteiger partial charge in [0.1, 0.15) is 10.1 Å². The third-order valence-corrected chi connectivity index (χ3v) is 6.85. The Labute approximate surface area is 198 Å². The Morgan fingerprint density at radius 1 is 1.06 bits per heavy atom. The van der Waals surface area contributed by atoms with E-state index in [1.807, 2.05) is 0 Å². The van der Waals surface area contributed by atoms with E-state index in [2.05, 4.69) is 10.2 Å². The fourth-order valence-corrected chi connectivity index (χ4v) is 5.25. The molecule has 0 unspecified atom stereocenters. The number of carbonyl (C=O) groups is 1. The van der Waals surface area contributed by atoms with Gasteiger partial charge in [-0.25, -0.2) is 0 Å². The molecule has 1 saturated heterocycles. The molecular formula is C23H20F3N3O2S2. The fraction of sp³-hybridized carbons (Fsp3) is 0.304. The van der Waals surface area contributed by atoms with Gasteiger partial charge in [0, 0.05) is 11.6 Å². The number of azo groups is 1. The Morgan fingerprint density at radius 2 is 1.76 bits per heavy atom. The van der Waals surface area contributed by atoms with E-state index in [1.165, 1.54) is 42.1 Å². The number of hydrogen-bond donors (Lipinski definition) is 1. The minimum Gasteiger partial charge on any atom is -0.507 e. The maximum absolute atomic E-state index is 13.0. The number of alkyl halides is 3. The van der Waals surface area contributed by atoms with Crippen LogP contribution in [0, 0.1) is 0 Å². The zero-order chi connectivity index (χ0) is 23.6. The predicted octanol–water partition coefficient (Wildman–Crippen LogP) is 7.36. The highest BCUT2D eigenvalue weighted by Gasteiger charge is 2.37. The smallest absolute Gasteiger partial charge is 0.416 e. The average Bonchev–Trinajstić information content (AvgIpc) is 3.07. The van der Waals surface area contributed by atoms with E-state index in [1.54, 1.807) is 11.0 Å². The highest BCUT2D eigenvalue weighted by molar-refractivity contribution is 8.26. The van der Waals surface area contributed by atoms with E-state index in [4.69, 9.17) is 12.2 Å². The molecule has 5 nitrogen and oxygen atoms in total. The van der Waals surface area contributed by atoms with Crippen LogP contribution in [0.2, 0.25) is 0 Å². The number of aromatic hydroxyl groups is 1. The maximum atomic E-state index is 13.0. The summed E-state index contributed by atoms with van der Waals surface area (Å²) in [6.45, 7) is 0. The van der Waals surface area contributed by atoms with Crippen molar-refractivity contribution in [3.8, 4) is 5.75 Å². The number of rotatable bonds is 4. The van der Waals surface area contributed by atoms with Gasteiger partial charge in [-0.3, -0.25) is 9.69 Å². The summed E-state index contributed by atoms with van der Waals surface area (Å²) in [5.41, 5.74) is -0.100.